The lowest BCUT2D eigenvalue weighted by atomic mass is 9.85. The fourth-order valence-corrected chi connectivity index (χ4v) is 4.43. The van der Waals surface area contributed by atoms with E-state index in [1.807, 2.05) is 0 Å². The van der Waals surface area contributed by atoms with Crippen LogP contribution in [0.25, 0.3) is 0 Å². The van der Waals surface area contributed by atoms with Crippen molar-refractivity contribution in [3.8, 4) is 11.5 Å². The third-order valence-electron chi connectivity index (χ3n) is 5.23. The van der Waals surface area contributed by atoms with Gasteiger partial charge in [-0.2, -0.15) is 10.1 Å². The van der Waals surface area contributed by atoms with Crippen molar-refractivity contribution in [2.45, 2.75) is 6.42 Å². The number of hydrazone groups is 1. The van der Waals surface area contributed by atoms with Crippen LogP contribution in [-0.4, -0.2) is 37.3 Å². The highest BCUT2D eigenvalue weighted by Crippen LogP contribution is 2.52. The topological polar surface area (TPSA) is 68.2 Å². The van der Waals surface area contributed by atoms with Gasteiger partial charge in [0, 0.05) is 0 Å². The zero-order valence-electron chi connectivity index (χ0n) is 13.8. The molecule has 2 aliphatic carbocycles. The highest BCUT2D eigenvalue weighted by molar-refractivity contribution is 6.32. The number of fused-ring (bicyclic) bond motifs is 5. The lowest BCUT2D eigenvalue weighted by Gasteiger charge is -2.13. The summed E-state index contributed by atoms with van der Waals surface area (Å²) in [7, 11) is 3.01. The summed E-state index contributed by atoms with van der Waals surface area (Å²) >= 11 is 6.17. The molecule has 6 nitrogen and oxygen atoms in total. The van der Waals surface area contributed by atoms with E-state index in [0.29, 0.717) is 22.1 Å². The molecule has 1 heterocycles. The third kappa shape index (κ3) is 2.35. The smallest absolute Gasteiger partial charge is 0.254 e. The van der Waals surface area contributed by atoms with Gasteiger partial charge in [-0.1, -0.05) is 23.8 Å². The molecule has 4 unspecified atom stereocenters. The van der Waals surface area contributed by atoms with Crippen molar-refractivity contribution in [1.82, 2.24) is 5.01 Å². The fourth-order valence-electron chi connectivity index (χ4n) is 4.14. The molecule has 1 aromatic carbocycles. The molecule has 25 heavy (non-hydrogen) atoms. The molecule has 1 saturated heterocycles. The van der Waals surface area contributed by atoms with Crippen LogP contribution < -0.4 is 9.47 Å². The first kappa shape index (κ1) is 16.1. The van der Waals surface area contributed by atoms with E-state index in [1.165, 1.54) is 20.4 Å². The summed E-state index contributed by atoms with van der Waals surface area (Å²) in [4.78, 5) is 25.2. The number of methoxy groups -OCH3 is 2. The van der Waals surface area contributed by atoms with Gasteiger partial charge in [-0.25, -0.2) is 0 Å². The number of nitrogens with zero attached hydrogens (tertiary/aromatic N) is 2. The van der Waals surface area contributed by atoms with Crippen LogP contribution >= 0.6 is 11.6 Å². The van der Waals surface area contributed by atoms with Gasteiger partial charge < -0.3 is 9.47 Å². The maximum Gasteiger partial charge on any atom is 0.254 e. The van der Waals surface area contributed by atoms with Crippen LogP contribution in [0.2, 0.25) is 5.02 Å². The zero-order valence-corrected chi connectivity index (χ0v) is 14.6. The predicted octanol–water partition coefficient (Wildman–Crippen LogP) is 2.50. The van der Waals surface area contributed by atoms with E-state index in [4.69, 9.17) is 21.1 Å². The zero-order chi connectivity index (χ0) is 17.7. The SMILES string of the molecule is COc1cc(C=NN2C(=O)C3C4C=CC(C4)C3C2=O)cc(Cl)c1OC. The average molecular weight is 361 g/mol. The molecule has 0 N–H and O–H groups in total. The quantitative estimate of drug-likeness (QED) is 0.470. The predicted molar refractivity (Wildman–Crippen MR) is 91.7 cm³/mol. The van der Waals surface area contributed by atoms with Gasteiger partial charge in [-0.3, -0.25) is 9.59 Å². The second-order valence-electron chi connectivity index (χ2n) is 6.47. The van der Waals surface area contributed by atoms with Gasteiger partial charge in [0.25, 0.3) is 11.8 Å². The monoisotopic (exact) mass is 360 g/mol. The first-order valence-corrected chi connectivity index (χ1v) is 8.44. The van der Waals surface area contributed by atoms with Crippen molar-refractivity contribution < 1.29 is 19.1 Å². The second kappa shape index (κ2) is 5.88. The molecule has 1 saturated carbocycles. The van der Waals surface area contributed by atoms with Crippen molar-refractivity contribution in [2.75, 3.05) is 14.2 Å². The van der Waals surface area contributed by atoms with Gasteiger partial charge in [0.15, 0.2) is 11.5 Å². The van der Waals surface area contributed by atoms with Crippen LogP contribution in [0.15, 0.2) is 29.4 Å². The summed E-state index contributed by atoms with van der Waals surface area (Å²) in [5.41, 5.74) is 0.612. The number of amides is 2. The number of halogens is 1. The summed E-state index contributed by atoms with van der Waals surface area (Å²) < 4.78 is 10.4. The molecular formula is C18H17ClN2O4. The van der Waals surface area contributed by atoms with Crippen molar-refractivity contribution in [2.24, 2.45) is 28.8 Å². The Labute approximate surface area is 150 Å². The lowest BCUT2D eigenvalue weighted by Crippen LogP contribution is -2.28. The minimum absolute atomic E-state index is 0.169. The normalized spacial score (nSPS) is 29.8. The number of allylic oxidation sites excluding steroid dienone is 2. The molecule has 0 aromatic heterocycles. The van der Waals surface area contributed by atoms with E-state index in [-0.39, 0.29) is 35.5 Å². The molecule has 1 aliphatic heterocycles. The summed E-state index contributed by atoms with van der Waals surface area (Å²) in [6, 6.07) is 3.33. The van der Waals surface area contributed by atoms with E-state index in [9.17, 15) is 9.59 Å². The Bertz CT molecular complexity index is 790. The molecule has 0 spiro atoms. The largest absolute Gasteiger partial charge is 0.493 e. The second-order valence-corrected chi connectivity index (χ2v) is 6.88. The molecule has 4 rings (SSSR count). The standard InChI is InChI=1S/C18H17ClN2O4/c1-24-13-6-9(5-12(19)16(13)25-2)8-20-21-17(22)14-10-3-4-11(7-10)15(14)18(21)23/h3-6,8,10-11,14-15H,7H2,1-2H3. The van der Waals surface area contributed by atoms with Gasteiger partial charge in [0.2, 0.25) is 0 Å². The van der Waals surface area contributed by atoms with Crippen LogP contribution in [0.4, 0.5) is 0 Å². The lowest BCUT2D eigenvalue weighted by molar-refractivity contribution is -0.140. The maximum atomic E-state index is 12.6. The van der Waals surface area contributed by atoms with Gasteiger partial charge in [0.1, 0.15) is 0 Å². The van der Waals surface area contributed by atoms with Crippen molar-refractivity contribution in [1.29, 1.82) is 0 Å². The maximum absolute atomic E-state index is 12.6. The van der Waals surface area contributed by atoms with Gasteiger partial charge in [-0.05, 0) is 36.0 Å². The average Bonchev–Trinajstić information content (AvgIpc) is 3.27. The third-order valence-corrected chi connectivity index (χ3v) is 5.51. The molecule has 4 atom stereocenters. The highest BCUT2D eigenvalue weighted by atomic mass is 35.5. The molecule has 2 fully saturated rings. The Morgan fingerprint density at radius 2 is 1.76 bits per heavy atom. The minimum atomic E-state index is -0.256. The Morgan fingerprint density at radius 1 is 1.12 bits per heavy atom. The summed E-state index contributed by atoms with van der Waals surface area (Å²) in [5.74, 6) is 0.275. The summed E-state index contributed by atoms with van der Waals surface area (Å²) in [6.45, 7) is 0. The molecule has 7 heteroatoms. The Balaban J connectivity index is 1.60. The summed E-state index contributed by atoms with van der Waals surface area (Å²) in [6.07, 6.45) is 6.45. The van der Waals surface area contributed by atoms with E-state index in [2.05, 4.69) is 17.3 Å². The number of carbonyl (C=O) groups excluding carboxylic acids is 2. The number of ether oxygens (including phenoxy) is 2. The van der Waals surface area contributed by atoms with E-state index in [1.54, 1.807) is 12.1 Å². The molecule has 130 valence electrons. The van der Waals surface area contributed by atoms with Gasteiger partial charge in [-0.15, -0.1) is 0 Å². The van der Waals surface area contributed by atoms with E-state index >= 15 is 0 Å². The van der Waals surface area contributed by atoms with Crippen LogP contribution in [0.1, 0.15) is 12.0 Å². The molecule has 2 amide bonds. The van der Waals surface area contributed by atoms with Crippen molar-refractivity contribution >= 4 is 29.6 Å². The van der Waals surface area contributed by atoms with Gasteiger partial charge >= 0.3 is 0 Å². The number of hydrogen-bond acceptors (Lipinski definition) is 5. The van der Waals surface area contributed by atoms with Gasteiger partial charge in [0.05, 0.1) is 37.3 Å². The molecule has 0 radical (unpaired) electrons. The van der Waals surface area contributed by atoms with Crippen LogP contribution in [0.3, 0.4) is 0 Å². The van der Waals surface area contributed by atoms with Crippen molar-refractivity contribution in [3.05, 3.63) is 34.9 Å². The number of rotatable bonds is 4. The first-order valence-electron chi connectivity index (χ1n) is 8.06. The molecule has 2 bridgehead atoms. The molecule has 3 aliphatic rings. The Kier molecular flexibility index (Phi) is 3.80. The number of carbonyl (C=O) groups is 2. The van der Waals surface area contributed by atoms with E-state index < -0.39 is 0 Å². The van der Waals surface area contributed by atoms with Crippen LogP contribution in [0.5, 0.6) is 11.5 Å². The fraction of sp³-hybridized carbons (Fsp3) is 0.389. The Hall–Kier alpha value is -2.34. The van der Waals surface area contributed by atoms with Crippen molar-refractivity contribution in [3.63, 3.8) is 0 Å². The molecule has 1 aromatic rings. The first-order chi connectivity index (χ1) is 12.0. The van der Waals surface area contributed by atoms with Crippen LogP contribution in [0, 0.1) is 23.7 Å². The highest BCUT2D eigenvalue weighted by Gasteiger charge is 2.59. The molecular weight excluding hydrogens is 344 g/mol. The number of hydrogen-bond donors (Lipinski definition) is 0. The number of benzene rings is 1. The van der Waals surface area contributed by atoms with Crippen LogP contribution in [-0.2, 0) is 9.59 Å². The number of imide groups is 1. The summed E-state index contributed by atoms with van der Waals surface area (Å²) in [5, 5.41) is 5.50. The minimum Gasteiger partial charge on any atom is -0.493 e. The Morgan fingerprint density at radius 3 is 2.32 bits per heavy atom. The van der Waals surface area contributed by atoms with E-state index in [0.717, 1.165) is 11.4 Å².